The Bertz CT molecular complexity index is 1430. The number of halogens is 2. The van der Waals surface area contributed by atoms with Gasteiger partial charge in [-0.1, -0.05) is 29.3 Å². The van der Waals surface area contributed by atoms with Gasteiger partial charge in [-0.25, -0.2) is 18.2 Å². The van der Waals surface area contributed by atoms with Crippen molar-refractivity contribution in [3.05, 3.63) is 64.3 Å². The summed E-state index contributed by atoms with van der Waals surface area (Å²) in [6, 6.07) is 10.7. The van der Waals surface area contributed by atoms with E-state index in [9.17, 15) is 13.2 Å². The summed E-state index contributed by atoms with van der Waals surface area (Å²) >= 11 is 12.6. The number of rotatable bonds is 5. The minimum absolute atomic E-state index is 0.199. The zero-order valence-corrected chi connectivity index (χ0v) is 22.1. The largest absolute Gasteiger partial charge is 0.329 e. The molecule has 1 aromatic heterocycles. The van der Waals surface area contributed by atoms with Crippen molar-refractivity contribution in [2.24, 2.45) is 5.73 Å². The van der Waals surface area contributed by atoms with Gasteiger partial charge in [0, 0.05) is 38.1 Å². The first-order valence-electron chi connectivity index (χ1n) is 11.4. The lowest BCUT2D eigenvalue weighted by molar-refractivity contribution is 0.222. The molecule has 1 saturated heterocycles. The molecule has 194 valence electrons. The number of piperazine rings is 1. The molecule has 11 nitrogen and oxygen atoms in total. The molecule has 1 fully saturated rings. The van der Waals surface area contributed by atoms with Gasteiger partial charge in [-0.3, -0.25) is 10.2 Å². The zero-order chi connectivity index (χ0) is 26.3. The molecule has 1 unspecified atom stereocenters. The third kappa shape index (κ3) is 4.96. The van der Waals surface area contributed by atoms with Gasteiger partial charge >= 0.3 is 6.03 Å². The number of anilines is 4. The van der Waals surface area contributed by atoms with Gasteiger partial charge in [-0.15, -0.1) is 0 Å². The summed E-state index contributed by atoms with van der Waals surface area (Å²) in [5.74, 6) is 0.439. The second-order valence-corrected chi connectivity index (χ2v) is 11.4. The fraction of sp³-hybridized carbons (Fsp3) is 0.261. The van der Waals surface area contributed by atoms with Crippen LogP contribution in [0.5, 0.6) is 0 Å². The first kappa shape index (κ1) is 25.6. The number of nitrogens with one attached hydrogen (secondary N) is 2. The summed E-state index contributed by atoms with van der Waals surface area (Å²) in [4.78, 5) is 25.1. The van der Waals surface area contributed by atoms with Gasteiger partial charge in [-0.2, -0.15) is 9.29 Å². The van der Waals surface area contributed by atoms with Crippen molar-refractivity contribution in [3.8, 4) is 0 Å². The van der Waals surface area contributed by atoms with E-state index in [1.165, 1.54) is 27.5 Å². The number of carbonyl (C=O) groups is 1. The number of nitrogens with two attached hydrogens (primary N) is 1. The number of fused-ring (bicyclic) bond motifs is 1. The van der Waals surface area contributed by atoms with Gasteiger partial charge in [0.2, 0.25) is 16.0 Å². The zero-order valence-electron chi connectivity index (χ0n) is 19.7. The van der Waals surface area contributed by atoms with Crippen molar-refractivity contribution in [2.75, 3.05) is 48.8 Å². The Balaban J connectivity index is 1.33. The molecule has 0 bridgehead atoms. The van der Waals surface area contributed by atoms with Gasteiger partial charge in [0.1, 0.15) is 12.0 Å². The standard InChI is InChI=1S/C23H24Cl2N8O3S/c1-31-9-11-32(12-10-31)37(35,36)15-7-5-14(6-8-15)28-22-27-13-16-20(26)33(23(34)30-21(16)29-22)19-17(24)3-2-4-18(19)25/h2-8,13,20H,9-12,26H2,1H3,(H2,27,28,29,30,34). The van der Waals surface area contributed by atoms with Crippen LogP contribution >= 0.6 is 23.2 Å². The van der Waals surface area contributed by atoms with Gasteiger partial charge in [0.25, 0.3) is 0 Å². The smallest absolute Gasteiger partial charge is 0.324 e. The summed E-state index contributed by atoms with van der Waals surface area (Å²) in [6.07, 6.45) is 0.577. The third-order valence-electron chi connectivity index (χ3n) is 6.25. The third-order valence-corrected chi connectivity index (χ3v) is 8.77. The number of carbonyl (C=O) groups excluding carboxylic acids is 1. The van der Waals surface area contributed by atoms with E-state index in [1.54, 1.807) is 30.3 Å². The number of hydrogen-bond acceptors (Lipinski definition) is 8. The predicted molar refractivity (Wildman–Crippen MR) is 143 cm³/mol. The number of sulfonamides is 1. The van der Waals surface area contributed by atoms with E-state index < -0.39 is 22.2 Å². The van der Waals surface area contributed by atoms with Crippen LogP contribution in [0.3, 0.4) is 0 Å². The number of urea groups is 1. The van der Waals surface area contributed by atoms with Crippen LogP contribution in [-0.4, -0.2) is 66.8 Å². The molecule has 0 saturated carbocycles. The molecule has 37 heavy (non-hydrogen) atoms. The van der Waals surface area contributed by atoms with E-state index in [1.807, 2.05) is 7.05 Å². The lowest BCUT2D eigenvalue weighted by atomic mass is 10.1. The van der Waals surface area contributed by atoms with Crippen LogP contribution in [0.25, 0.3) is 0 Å². The van der Waals surface area contributed by atoms with Gasteiger partial charge in [0.05, 0.1) is 26.2 Å². The van der Waals surface area contributed by atoms with Crippen LogP contribution < -0.4 is 21.3 Å². The van der Waals surface area contributed by atoms with Crippen LogP contribution in [-0.2, 0) is 10.0 Å². The van der Waals surface area contributed by atoms with Crippen molar-refractivity contribution in [2.45, 2.75) is 11.1 Å². The molecule has 5 rings (SSSR count). The van der Waals surface area contributed by atoms with Crippen molar-refractivity contribution in [1.82, 2.24) is 19.2 Å². The molecule has 2 amide bonds. The van der Waals surface area contributed by atoms with E-state index >= 15 is 0 Å². The van der Waals surface area contributed by atoms with E-state index in [4.69, 9.17) is 28.9 Å². The molecule has 2 aromatic carbocycles. The van der Waals surface area contributed by atoms with Crippen LogP contribution in [0.15, 0.2) is 53.6 Å². The fourth-order valence-corrected chi connectivity index (χ4v) is 6.17. The van der Waals surface area contributed by atoms with Gasteiger partial charge < -0.3 is 16.0 Å². The Labute approximate surface area is 224 Å². The number of likely N-dealkylation sites (N-methyl/N-ethyl adjacent to an activating group) is 1. The Morgan fingerprint density at radius 2 is 1.70 bits per heavy atom. The highest BCUT2D eigenvalue weighted by molar-refractivity contribution is 7.89. The second-order valence-electron chi connectivity index (χ2n) is 8.67. The van der Waals surface area contributed by atoms with Crippen molar-refractivity contribution < 1.29 is 13.2 Å². The number of amides is 2. The van der Waals surface area contributed by atoms with Crippen molar-refractivity contribution >= 4 is 62.4 Å². The fourth-order valence-electron chi connectivity index (χ4n) is 4.17. The van der Waals surface area contributed by atoms with E-state index in [0.29, 0.717) is 37.4 Å². The van der Waals surface area contributed by atoms with Crippen molar-refractivity contribution in [1.29, 1.82) is 0 Å². The molecule has 0 aliphatic carbocycles. The van der Waals surface area contributed by atoms with Gasteiger partial charge in [0.15, 0.2) is 0 Å². The van der Waals surface area contributed by atoms with Crippen LogP contribution in [0, 0.1) is 0 Å². The summed E-state index contributed by atoms with van der Waals surface area (Å²) < 4.78 is 27.4. The Morgan fingerprint density at radius 1 is 1.05 bits per heavy atom. The highest BCUT2D eigenvalue weighted by Gasteiger charge is 2.35. The van der Waals surface area contributed by atoms with Crippen molar-refractivity contribution in [3.63, 3.8) is 0 Å². The molecule has 3 aromatic rings. The SMILES string of the molecule is CN1CCN(S(=O)(=O)c2ccc(Nc3ncc4c(n3)NC(=O)N(c3c(Cl)cccc3Cl)C4N)cc2)CC1. The highest BCUT2D eigenvalue weighted by Crippen LogP contribution is 2.40. The quantitative estimate of drug-likeness (QED) is 0.429. The Morgan fingerprint density at radius 3 is 2.35 bits per heavy atom. The average molecular weight is 563 g/mol. The molecule has 1 atom stereocenters. The number of aromatic nitrogens is 2. The predicted octanol–water partition coefficient (Wildman–Crippen LogP) is 3.47. The summed E-state index contributed by atoms with van der Waals surface area (Å²) in [7, 11) is -1.60. The minimum atomic E-state index is -3.57. The summed E-state index contributed by atoms with van der Waals surface area (Å²) in [5, 5.41) is 6.28. The Kier molecular flexibility index (Phi) is 6.96. The topological polar surface area (TPSA) is 137 Å². The van der Waals surface area contributed by atoms with Crippen LogP contribution in [0.2, 0.25) is 10.0 Å². The van der Waals surface area contributed by atoms with Crippen LogP contribution in [0.1, 0.15) is 11.7 Å². The molecule has 14 heteroatoms. The molecule has 4 N–H and O–H groups in total. The number of hydrogen-bond donors (Lipinski definition) is 3. The molecule has 0 radical (unpaired) electrons. The van der Waals surface area contributed by atoms with E-state index in [2.05, 4.69) is 25.5 Å². The molecule has 2 aliphatic heterocycles. The maximum atomic E-state index is 12.9. The lowest BCUT2D eigenvalue weighted by Crippen LogP contribution is -2.47. The average Bonchev–Trinajstić information content (AvgIpc) is 2.86. The molecular weight excluding hydrogens is 539 g/mol. The first-order valence-corrected chi connectivity index (χ1v) is 13.6. The van der Waals surface area contributed by atoms with E-state index in [0.717, 1.165) is 0 Å². The normalized spacial score (nSPS) is 18.9. The summed E-state index contributed by atoms with van der Waals surface area (Å²) in [5.41, 5.74) is 7.70. The molecule has 2 aliphatic rings. The Hall–Kier alpha value is -3.00. The number of benzene rings is 2. The molecule has 3 heterocycles. The van der Waals surface area contributed by atoms with E-state index in [-0.39, 0.29) is 32.4 Å². The number of para-hydroxylation sites is 1. The lowest BCUT2D eigenvalue weighted by Gasteiger charge is -2.35. The summed E-state index contributed by atoms with van der Waals surface area (Å²) in [6.45, 7) is 2.29. The first-order chi connectivity index (χ1) is 17.6. The highest BCUT2D eigenvalue weighted by atomic mass is 35.5. The number of nitrogens with zero attached hydrogens (tertiary/aromatic N) is 5. The maximum absolute atomic E-state index is 12.9. The van der Waals surface area contributed by atoms with Crippen LogP contribution in [0.4, 0.5) is 27.9 Å². The molecule has 0 spiro atoms. The van der Waals surface area contributed by atoms with Gasteiger partial charge in [-0.05, 0) is 43.4 Å². The maximum Gasteiger partial charge on any atom is 0.329 e. The second kappa shape index (κ2) is 10.0. The molecular formula is C23H24Cl2N8O3S. The monoisotopic (exact) mass is 562 g/mol. The minimum Gasteiger partial charge on any atom is -0.324 e.